The third-order valence-corrected chi connectivity index (χ3v) is 4.90. The first kappa shape index (κ1) is 26.1. The van der Waals surface area contributed by atoms with Gasteiger partial charge in [-0.2, -0.15) is 0 Å². The van der Waals surface area contributed by atoms with E-state index in [0.29, 0.717) is 19.3 Å². The fourth-order valence-corrected chi connectivity index (χ4v) is 3.26. The normalized spacial score (nSPS) is 11.6. The molecule has 1 heterocycles. The van der Waals surface area contributed by atoms with Crippen molar-refractivity contribution in [2.24, 2.45) is 10.2 Å². The van der Waals surface area contributed by atoms with Crippen molar-refractivity contribution in [3.63, 3.8) is 0 Å². The molecule has 2 rings (SSSR count). The molecule has 0 atom stereocenters. The average Bonchev–Trinajstić information content (AvgIpc) is 2.66. The van der Waals surface area contributed by atoms with Gasteiger partial charge in [0.05, 0.1) is 4.92 Å². The number of rotatable bonds is 10. The summed E-state index contributed by atoms with van der Waals surface area (Å²) in [5.74, 6) is 0.0175. The van der Waals surface area contributed by atoms with Crippen LogP contribution in [0.5, 0.6) is 5.75 Å². The zero-order chi connectivity index (χ0) is 21.4. The first-order chi connectivity index (χ1) is 13.7. The van der Waals surface area contributed by atoms with Gasteiger partial charge in [0.2, 0.25) is 0 Å². The molecule has 0 fully saturated rings. The fourth-order valence-electron chi connectivity index (χ4n) is 2.50. The summed E-state index contributed by atoms with van der Waals surface area (Å²) in [6, 6.07) is 7.29. The van der Waals surface area contributed by atoms with Crippen LogP contribution in [-0.2, 0) is 16.7 Å². The maximum atomic E-state index is 11.2. The molecule has 30 heavy (non-hydrogen) atoms. The van der Waals surface area contributed by atoms with E-state index in [1.807, 2.05) is 0 Å². The van der Waals surface area contributed by atoms with Crippen LogP contribution in [0.4, 0.5) is 17.2 Å². The third-order valence-electron chi connectivity index (χ3n) is 3.91. The van der Waals surface area contributed by atoms with Crippen molar-refractivity contribution >= 4 is 27.5 Å². The van der Waals surface area contributed by atoms with E-state index in [1.165, 1.54) is 24.3 Å². The molecule has 0 aliphatic heterocycles. The molecule has 11 nitrogen and oxygen atoms in total. The molecule has 0 spiro atoms. The topological polar surface area (TPSA) is 161 Å². The van der Waals surface area contributed by atoms with Crippen LogP contribution in [0.25, 0.3) is 0 Å². The second-order valence-corrected chi connectivity index (χ2v) is 7.49. The van der Waals surface area contributed by atoms with Gasteiger partial charge in [-0.05, 0) is 43.0 Å². The second-order valence-electron chi connectivity index (χ2n) is 6.12. The number of nitrogens with zero attached hydrogens (tertiary/aromatic N) is 5. The third kappa shape index (κ3) is 8.05. The summed E-state index contributed by atoms with van der Waals surface area (Å²) < 4.78 is 34.4. The van der Waals surface area contributed by atoms with Crippen molar-refractivity contribution in [2.45, 2.75) is 26.2 Å². The van der Waals surface area contributed by atoms with Crippen LogP contribution in [-0.4, -0.2) is 45.4 Å². The van der Waals surface area contributed by atoms with Gasteiger partial charge in [0.1, 0.15) is 17.6 Å². The molecule has 0 radical (unpaired) electrons. The van der Waals surface area contributed by atoms with Crippen molar-refractivity contribution < 1.29 is 52.6 Å². The van der Waals surface area contributed by atoms with Crippen molar-refractivity contribution in [1.29, 1.82) is 0 Å². The van der Waals surface area contributed by atoms with E-state index in [0.717, 1.165) is 16.1 Å². The van der Waals surface area contributed by atoms with Gasteiger partial charge in [-0.1, -0.05) is 13.0 Å². The Morgan fingerprint density at radius 2 is 1.93 bits per heavy atom. The van der Waals surface area contributed by atoms with Crippen LogP contribution in [0.3, 0.4) is 0 Å². The molecular formula is C17H20N5NaO6S. The maximum absolute atomic E-state index is 11.2. The van der Waals surface area contributed by atoms with E-state index in [9.17, 15) is 28.2 Å². The van der Waals surface area contributed by atoms with Crippen LogP contribution >= 0.6 is 0 Å². The number of aryl methyl sites for hydroxylation is 1. The van der Waals surface area contributed by atoms with Crippen LogP contribution in [0.2, 0.25) is 0 Å². The molecule has 2 aromatic rings. The number of azo groups is 1. The summed E-state index contributed by atoms with van der Waals surface area (Å²) in [6.45, 7) is 2.07. The summed E-state index contributed by atoms with van der Waals surface area (Å²) >= 11 is 0. The Balaban J connectivity index is 0.00000450. The molecule has 0 aliphatic rings. The summed E-state index contributed by atoms with van der Waals surface area (Å²) in [6.07, 6.45) is 2.49. The zero-order valence-electron chi connectivity index (χ0n) is 16.6. The number of benzene rings is 1. The summed E-state index contributed by atoms with van der Waals surface area (Å²) in [7, 11) is -4.47. The molecule has 1 aromatic heterocycles. The number of phenolic OH excluding ortho intramolecular Hbond substituents is 1. The predicted molar refractivity (Wildman–Crippen MR) is 103 cm³/mol. The number of nitro groups is 1. The van der Waals surface area contributed by atoms with E-state index in [2.05, 4.69) is 15.2 Å². The quantitative estimate of drug-likeness (QED) is 0.180. The van der Waals surface area contributed by atoms with Gasteiger partial charge < -0.3 is 9.66 Å². The Morgan fingerprint density at radius 1 is 1.20 bits per heavy atom. The van der Waals surface area contributed by atoms with Gasteiger partial charge >= 0.3 is 29.6 Å². The fraction of sp³-hybridized carbons (Fsp3) is 0.353. The maximum Gasteiger partial charge on any atom is 1.00 e. The first-order valence-corrected chi connectivity index (χ1v) is 10.1. The molecule has 1 aromatic carbocycles. The van der Waals surface area contributed by atoms with E-state index < -0.39 is 15.2 Å². The summed E-state index contributed by atoms with van der Waals surface area (Å²) in [5.41, 5.74) is 0.761. The first-order valence-electron chi connectivity index (χ1n) is 8.75. The monoisotopic (exact) mass is 445 g/mol. The number of aromatic hydroxyl groups is 1. The Hall–Kier alpha value is -1.96. The van der Waals surface area contributed by atoms with Crippen molar-refractivity contribution in [3.05, 3.63) is 52.2 Å². The molecular weight excluding hydrogens is 425 g/mol. The van der Waals surface area contributed by atoms with E-state index in [4.69, 9.17) is 0 Å². The molecule has 156 valence electrons. The second kappa shape index (κ2) is 12.0. The van der Waals surface area contributed by atoms with E-state index >= 15 is 0 Å². The smallest absolute Gasteiger partial charge is 0.735 e. The predicted octanol–water partition coefficient (Wildman–Crippen LogP) is 0.220. The Morgan fingerprint density at radius 3 is 2.47 bits per heavy atom. The minimum absolute atomic E-state index is 0. The van der Waals surface area contributed by atoms with Crippen molar-refractivity contribution in [2.75, 3.05) is 13.1 Å². The van der Waals surface area contributed by atoms with Crippen LogP contribution < -0.4 is 29.6 Å². The van der Waals surface area contributed by atoms with E-state index in [1.54, 1.807) is 13.0 Å². The number of aromatic nitrogens is 1. The molecule has 0 saturated carbocycles. The van der Waals surface area contributed by atoms with Gasteiger partial charge in [-0.25, -0.2) is 17.7 Å². The Bertz CT molecular complexity index is 985. The minimum atomic E-state index is -4.47. The largest absolute Gasteiger partial charge is 1.00 e. The number of hydrogen-bond acceptors (Lipinski definition) is 9. The Kier molecular flexibility index (Phi) is 10.5. The number of phenols is 1. The van der Waals surface area contributed by atoms with E-state index in [-0.39, 0.29) is 65.6 Å². The standard InChI is InChI=1S/C17H21N5O6S.Na/c1-2-9-21(29(26,27)28)10-3-4-13-5-7-15(16(23)11-13)19-20-17-8-6-14(12-18-17)22(24)25;/h5-8,11-12,23H,2-4,9-10H2,1H3,(H,26,27,28);/q;+1/p-1. The number of hydrogen-bond donors (Lipinski definition) is 1. The SMILES string of the molecule is CCCN(CCCc1ccc(N=Nc2ccc([N+](=O)[O-])cn2)c(O)c1)S(=O)(=O)[O-].[Na+]. The summed E-state index contributed by atoms with van der Waals surface area (Å²) in [5, 5.41) is 28.4. The van der Waals surface area contributed by atoms with Crippen LogP contribution in [0.15, 0.2) is 46.8 Å². The van der Waals surface area contributed by atoms with Crippen LogP contribution in [0, 0.1) is 10.1 Å². The summed E-state index contributed by atoms with van der Waals surface area (Å²) in [4.78, 5) is 13.8. The van der Waals surface area contributed by atoms with Crippen molar-refractivity contribution in [3.8, 4) is 5.75 Å². The molecule has 13 heteroatoms. The van der Waals surface area contributed by atoms with Gasteiger partial charge in [0.15, 0.2) is 16.1 Å². The number of pyridine rings is 1. The molecule has 0 aliphatic carbocycles. The average molecular weight is 445 g/mol. The van der Waals surface area contributed by atoms with Gasteiger partial charge in [-0.3, -0.25) is 10.1 Å². The van der Waals surface area contributed by atoms with Gasteiger partial charge in [0, 0.05) is 19.2 Å². The Labute approximate surface area is 196 Å². The van der Waals surface area contributed by atoms with Gasteiger partial charge in [-0.15, -0.1) is 10.2 Å². The molecule has 0 saturated heterocycles. The molecule has 0 amide bonds. The molecule has 1 N–H and O–H groups in total. The van der Waals surface area contributed by atoms with Crippen molar-refractivity contribution in [1.82, 2.24) is 9.29 Å². The molecule has 0 unspecified atom stereocenters. The minimum Gasteiger partial charge on any atom is -0.735 e. The van der Waals surface area contributed by atoms with Gasteiger partial charge in [0.25, 0.3) is 5.69 Å². The molecule has 0 bridgehead atoms. The van der Waals surface area contributed by atoms with Crippen LogP contribution in [0.1, 0.15) is 25.3 Å². The zero-order valence-corrected chi connectivity index (χ0v) is 19.4.